The van der Waals surface area contributed by atoms with Gasteiger partial charge in [-0.3, -0.25) is 0 Å². The van der Waals surface area contributed by atoms with E-state index in [1.807, 2.05) is 0 Å². The molecule has 1 aromatic carbocycles. The SMILES string of the molecule is CS(=O)(=O)c1ccc(N2C(c3ccccc3)=CC(=C(F)F)N2c2ccc(S(C)(=O)=O)cn2)nc1. The van der Waals surface area contributed by atoms with Gasteiger partial charge in [0.25, 0.3) is 6.08 Å². The van der Waals surface area contributed by atoms with Crippen molar-refractivity contribution in [2.75, 3.05) is 22.5 Å². The summed E-state index contributed by atoms with van der Waals surface area (Å²) in [5.74, 6) is 0.152. The molecule has 2 aromatic heterocycles. The highest BCUT2D eigenvalue weighted by Gasteiger charge is 2.35. The second kappa shape index (κ2) is 8.61. The van der Waals surface area contributed by atoms with E-state index in [0.717, 1.165) is 29.9 Å². The minimum absolute atomic E-state index is 0.00590. The van der Waals surface area contributed by atoms with Crippen LogP contribution in [-0.2, 0) is 19.7 Å². The molecule has 8 nitrogen and oxygen atoms in total. The molecule has 1 aliphatic heterocycles. The summed E-state index contributed by atoms with van der Waals surface area (Å²) in [5, 5.41) is 2.45. The largest absolute Gasteiger partial charge is 0.295 e. The van der Waals surface area contributed by atoms with E-state index in [9.17, 15) is 25.6 Å². The fourth-order valence-corrected chi connectivity index (χ4v) is 4.42. The number of allylic oxidation sites excluding steroid dienone is 1. The molecule has 34 heavy (non-hydrogen) atoms. The molecule has 0 atom stereocenters. The maximum Gasteiger partial charge on any atom is 0.295 e. The first kappa shape index (κ1) is 23.5. The third kappa shape index (κ3) is 4.54. The van der Waals surface area contributed by atoms with Gasteiger partial charge in [-0.2, -0.15) is 8.78 Å². The Bertz CT molecular complexity index is 1500. The monoisotopic (exact) mass is 504 g/mol. The Morgan fingerprint density at radius 1 is 0.735 bits per heavy atom. The lowest BCUT2D eigenvalue weighted by Gasteiger charge is -2.32. The lowest BCUT2D eigenvalue weighted by Crippen LogP contribution is -2.37. The van der Waals surface area contributed by atoms with Gasteiger partial charge in [0.1, 0.15) is 5.70 Å². The quantitative estimate of drug-likeness (QED) is 0.519. The third-order valence-corrected chi connectivity index (χ3v) is 7.12. The molecule has 0 N–H and O–H groups in total. The van der Waals surface area contributed by atoms with Crippen molar-refractivity contribution in [3.8, 4) is 0 Å². The van der Waals surface area contributed by atoms with Crippen LogP contribution in [0, 0.1) is 0 Å². The minimum atomic E-state index is -3.55. The fraction of sp³-hybridized carbons (Fsp3) is 0.0909. The van der Waals surface area contributed by atoms with Gasteiger partial charge in [-0.25, -0.2) is 36.8 Å². The Morgan fingerprint density at radius 3 is 1.65 bits per heavy atom. The van der Waals surface area contributed by atoms with E-state index >= 15 is 0 Å². The number of hydrogen-bond donors (Lipinski definition) is 0. The van der Waals surface area contributed by atoms with E-state index < -0.39 is 31.5 Å². The molecule has 0 fully saturated rings. The predicted octanol–water partition coefficient (Wildman–Crippen LogP) is 3.67. The first-order chi connectivity index (χ1) is 16.0. The maximum atomic E-state index is 14.1. The second-order valence-electron chi connectivity index (χ2n) is 7.41. The molecular formula is C22H18F2N4O4S2. The summed E-state index contributed by atoms with van der Waals surface area (Å²) >= 11 is 0. The third-order valence-electron chi connectivity index (χ3n) is 4.92. The van der Waals surface area contributed by atoms with Crippen molar-refractivity contribution >= 4 is 37.0 Å². The summed E-state index contributed by atoms with van der Waals surface area (Å²) in [6.07, 6.45) is 3.52. The van der Waals surface area contributed by atoms with Gasteiger partial charge in [0, 0.05) is 30.5 Å². The zero-order valence-corrected chi connectivity index (χ0v) is 19.6. The summed E-state index contributed by atoms with van der Waals surface area (Å²) in [4.78, 5) is 8.20. The molecule has 0 aliphatic carbocycles. The molecule has 0 bridgehead atoms. The fourth-order valence-electron chi connectivity index (χ4n) is 3.30. The van der Waals surface area contributed by atoms with Gasteiger partial charge in [0.05, 0.1) is 15.5 Å². The number of pyridine rings is 2. The minimum Gasteiger partial charge on any atom is -0.236 e. The van der Waals surface area contributed by atoms with Crippen LogP contribution < -0.4 is 10.0 Å². The molecule has 0 spiro atoms. The summed E-state index contributed by atoms with van der Waals surface area (Å²) in [7, 11) is -7.07. The van der Waals surface area contributed by atoms with Gasteiger partial charge in [-0.05, 0) is 30.3 Å². The van der Waals surface area contributed by atoms with Crippen LogP contribution in [0.3, 0.4) is 0 Å². The molecule has 0 saturated carbocycles. The highest BCUT2D eigenvalue weighted by molar-refractivity contribution is 7.91. The first-order valence-corrected chi connectivity index (χ1v) is 13.5. The van der Waals surface area contributed by atoms with E-state index in [4.69, 9.17) is 0 Å². The predicted molar refractivity (Wildman–Crippen MR) is 123 cm³/mol. The number of halogens is 2. The first-order valence-electron chi connectivity index (χ1n) is 9.71. The molecule has 3 aromatic rings. The Labute approximate surface area is 195 Å². The van der Waals surface area contributed by atoms with Gasteiger partial charge >= 0.3 is 0 Å². The molecule has 3 heterocycles. The van der Waals surface area contributed by atoms with Gasteiger partial charge < -0.3 is 0 Å². The molecule has 0 amide bonds. The highest BCUT2D eigenvalue weighted by Crippen LogP contribution is 2.40. The summed E-state index contributed by atoms with van der Waals surface area (Å²) in [5.41, 5.74) is 0.426. The van der Waals surface area contributed by atoms with E-state index in [0.29, 0.717) is 11.3 Å². The van der Waals surface area contributed by atoms with Crippen LogP contribution in [0.25, 0.3) is 5.70 Å². The van der Waals surface area contributed by atoms with E-state index in [1.165, 1.54) is 35.4 Å². The molecule has 176 valence electrons. The van der Waals surface area contributed by atoms with Crippen LogP contribution in [0.1, 0.15) is 5.56 Å². The van der Waals surface area contributed by atoms with E-state index in [-0.39, 0.29) is 21.4 Å². The standard InChI is InChI=1S/C22H18F2N4O4S2/c1-33(29,30)16-8-10-20(25-13-16)27-18(15-6-4-3-5-7-15)12-19(22(23)24)28(27)21-11-9-17(14-26-21)34(2,31)32/h3-14H,1-2H3. The van der Waals surface area contributed by atoms with Crippen molar-refractivity contribution < 1.29 is 25.6 Å². The van der Waals surface area contributed by atoms with E-state index in [2.05, 4.69) is 9.97 Å². The van der Waals surface area contributed by atoms with Crippen molar-refractivity contribution in [3.05, 3.63) is 90.4 Å². The second-order valence-corrected chi connectivity index (χ2v) is 11.4. The zero-order valence-electron chi connectivity index (χ0n) is 17.9. The van der Waals surface area contributed by atoms with Gasteiger partial charge in [0.2, 0.25) is 0 Å². The number of nitrogens with zero attached hydrogens (tertiary/aromatic N) is 4. The summed E-state index contributed by atoms with van der Waals surface area (Å²) < 4.78 is 75.5. The van der Waals surface area contributed by atoms with Crippen LogP contribution in [-0.4, -0.2) is 39.3 Å². The Hall–Kier alpha value is -3.64. The van der Waals surface area contributed by atoms with Crippen molar-refractivity contribution in [2.45, 2.75) is 9.79 Å². The van der Waals surface area contributed by atoms with Crippen LogP contribution in [0.5, 0.6) is 0 Å². The maximum absolute atomic E-state index is 14.1. The van der Waals surface area contributed by atoms with E-state index in [1.54, 1.807) is 30.3 Å². The average molecular weight is 505 g/mol. The number of hydrazine groups is 1. The molecule has 0 radical (unpaired) electrons. The Morgan fingerprint density at radius 2 is 1.24 bits per heavy atom. The van der Waals surface area contributed by atoms with Gasteiger partial charge in [-0.1, -0.05) is 30.3 Å². The van der Waals surface area contributed by atoms with Crippen molar-refractivity contribution in [3.63, 3.8) is 0 Å². The van der Waals surface area contributed by atoms with Crippen molar-refractivity contribution in [1.82, 2.24) is 9.97 Å². The number of aromatic nitrogens is 2. The Kier molecular flexibility index (Phi) is 5.96. The smallest absolute Gasteiger partial charge is 0.236 e. The number of anilines is 2. The number of hydrogen-bond acceptors (Lipinski definition) is 8. The lowest BCUT2D eigenvalue weighted by molar-refractivity contribution is 0.412. The van der Waals surface area contributed by atoms with Crippen LogP contribution in [0.4, 0.5) is 20.4 Å². The normalized spacial score (nSPS) is 14.4. The Balaban J connectivity index is 1.91. The molecule has 4 rings (SSSR count). The van der Waals surface area contributed by atoms with Crippen molar-refractivity contribution in [1.29, 1.82) is 0 Å². The average Bonchev–Trinajstić information content (AvgIpc) is 3.20. The van der Waals surface area contributed by atoms with Crippen LogP contribution in [0.2, 0.25) is 0 Å². The number of rotatable bonds is 5. The molecule has 12 heteroatoms. The number of sulfone groups is 2. The molecular weight excluding hydrogens is 486 g/mol. The molecule has 1 aliphatic rings. The summed E-state index contributed by atoms with van der Waals surface area (Å²) in [6, 6.07) is 14.0. The zero-order chi connectivity index (χ0) is 24.7. The van der Waals surface area contributed by atoms with Crippen molar-refractivity contribution in [2.24, 2.45) is 0 Å². The number of benzene rings is 1. The highest BCUT2D eigenvalue weighted by atomic mass is 32.2. The van der Waals surface area contributed by atoms with Gasteiger partial charge in [-0.15, -0.1) is 0 Å². The van der Waals surface area contributed by atoms with Crippen LogP contribution >= 0.6 is 0 Å². The van der Waals surface area contributed by atoms with Gasteiger partial charge in [0.15, 0.2) is 31.3 Å². The lowest BCUT2D eigenvalue weighted by atomic mass is 10.1. The van der Waals surface area contributed by atoms with Crippen LogP contribution in [0.15, 0.2) is 94.6 Å². The topological polar surface area (TPSA) is 101 Å². The molecule has 0 unspecified atom stereocenters. The molecule has 0 saturated heterocycles. The summed E-state index contributed by atoms with van der Waals surface area (Å²) in [6.45, 7) is 0.